The summed E-state index contributed by atoms with van der Waals surface area (Å²) in [7, 11) is 0. The molecule has 0 aliphatic carbocycles. The molecule has 1 aromatic heterocycles. The first kappa shape index (κ1) is 24.8. The van der Waals surface area contributed by atoms with Gasteiger partial charge in [0.15, 0.2) is 0 Å². The number of furan rings is 1. The van der Waals surface area contributed by atoms with Crippen molar-refractivity contribution in [1.29, 1.82) is 0 Å². The zero-order valence-corrected chi connectivity index (χ0v) is 20.6. The molecule has 2 atom stereocenters. The van der Waals surface area contributed by atoms with Gasteiger partial charge >= 0.3 is 5.97 Å². The molecule has 33 heavy (non-hydrogen) atoms. The van der Waals surface area contributed by atoms with Crippen LogP contribution in [0.5, 0.6) is 5.75 Å². The number of fused-ring (bicyclic) bond motifs is 1. The van der Waals surface area contributed by atoms with Crippen LogP contribution < -0.4 is 4.74 Å². The number of carboxylic acid groups (broad SMARTS) is 1. The molecule has 5 heteroatoms. The molecule has 2 N–H and O–H groups in total. The fourth-order valence-corrected chi connectivity index (χ4v) is 4.11. The van der Waals surface area contributed by atoms with Crippen LogP contribution in [0.3, 0.4) is 0 Å². The minimum Gasteiger partial charge on any atom is -0.491 e. The van der Waals surface area contributed by atoms with E-state index in [2.05, 4.69) is 25.1 Å². The molecule has 0 aliphatic heterocycles. The maximum Gasteiger partial charge on any atom is 0.371 e. The molecule has 2 aromatic carbocycles. The third kappa shape index (κ3) is 5.97. The number of aromatic carboxylic acids is 1. The summed E-state index contributed by atoms with van der Waals surface area (Å²) in [6.07, 6.45) is 2.40. The topological polar surface area (TPSA) is 79.9 Å². The molecule has 0 aliphatic rings. The van der Waals surface area contributed by atoms with E-state index in [4.69, 9.17) is 9.15 Å². The number of aliphatic hydroxyl groups excluding tert-OH is 1. The van der Waals surface area contributed by atoms with Gasteiger partial charge in [-0.05, 0) is 84.9 Å². The third-order valence-electron chi connectivity index (χ3n) is 6.41. The van der Waals surface area contributed by atoms with Gasteiger partial charge in [-0.15, -0.1) is 0 Å². The Hall–Kier alpha value is -2.79. The number of benzene rings is 2. The number of ether oxygens (including phenoxy) is 1. The number of aryl methyl sites for hydroxylation is 3. The van der Waals surface area contributed by atoms with E-state index in [1.165, 1.54) is 11.1 Å². The second kappa shape index (κ2) is 10.0. The van der Waals surface area contributed by atoms with E-state index in [1.807, 2.05) is 46.8 Å². The van der Waals surface area contributed by atoms with E-state index in [-0.39, 0.29) is 17.8 Å². The quantitative estimate of drug-likeness (QED) is 0.379. The molecule has 5 nitrogen and oxygen atoms in total. The zero-order valence-electron chi connectivity index (χ0n) is 20.6. The van der Waals surface area contributed by atoms with Gasteiger partial charge in [0.2, 0.25) is 5.76 Å². The van der Waals surface area contributed by atoms with Gasteiger partial charge < -0.3 is 19.4 Å². The van der Waals surface area contributed by atoms with Crippen LogP contribution in [0, 0.1) is 19.3 Å². The van der Waals surface area contributed by atoms with Crippen LogP contribution in [0.1, 0.15) is 79.3 Å². The Morgan fingerprint density at radius 2 is 1.82 bits per heavy atom. The van der Waals surface area contributed by atoms with Crippen molar-refractivity contribution in [3.8, 4) is 5.75 Å². The average molecular weight is 453 g/mol. The molecule has 0 fully saturated rings. The Morgan fingerprint density at radius 3 is 2.42 bits per heavy atom. The fourth-order valence-electron chi connectivity index (χ4n) is 4.11. The summed E-state index contributed by atoms with van der Waals surface area (Å²) in [5.41, 5.74) is 4.93. The molecule has 3 aromatic rings. The van der Waals surface area contributed by atoms with Gasteiger partial charge in [-0.2, -0.15) is 0 Å². The lowest BCUT2D eigenvalue weighted by Crippen LogP contribution is -2.32. The van der Waals surface area contributed by atoms with E-state index in [0.717, 1.165) is 41.5 Å². The lowest BCUT2D eigenvalue weighted by atomic mass is 9.88. The number of rotatable bonds is 9. The highest BCUT2D eigenvalue weighted by molar-refractivity contribution is 5.92. The molecular weight excluding hydrogens is 416 g/mol. The first-order chi connectivity index (χ1) is 15.5. The summed E-state index contributed by atoms with van der Waals surface area (Å²) in [5.74, 6) is 0.151. The second-order valence-electron chi connectivity index (χ2n) is 10.1. The molecule has 2 unspecified atom stereocenters. The normalized spacial score (nSPS) is 13.8. The van der Waals surface area contributed by atoms with Crippen molar-refractivity contribution < 1.29 is 24.2 Å². The first-order valence-corrected chi connectivity index (χ1v) is 11.7. The smallest absolute Gasteiger partial charge is 0.371 e. The van der Waals surface area contributed by atoms with E-state index in [0.29, 0.717) is 11.5 Å². The molecule has 0 saturated carbocycles. The van der Waals surface area contributed by atoms with Crippen LogP contribution in [0.25, 0.3) is 11.0 Å². The number of hydrogen-bond donors (Lipinski definition) is 2. The van der Waals surface area contributed by atoms with Crippen molar-refractivity contribution in [3.05, 3.63) is 64.4 Å². The summed E-state index contributed by atoms with van der Waals surface area (Å²) in [6.45, 7) is 12.5. The minimum atomic E-state index is -1.05. The lowest BCUT2D eigenvalue weighted by Gasteiger charge is -2.26. The van der Waals surface area contributed by atoms with E-state index < -0.39 is 12.1 Å². The summed E-state index contributed by atoms with van der Waals surface area (Å²) in [6, 6.07) is 12.1. The van der Waals surface area contributed by atoms with Crippen molar-refractivity contribution in [1.82, 2.24) is 0 Å². The Kier molecular flexibility index (Phi) is 7.53. The number of carbonyl (C=O) groups is 1. The highest BCUT2D eigenvalue weighted by atomic mass is 16.5. The molecule has 0 spiro atoms. The number of hydrogen-bond acceptors (Lipinski definition) is 4. The number of aliphatic hydroxyl groups is 1. The Balaban J connectivity index is 1.69. The van der Waals surface area contributed by atoms with Crippen molar-refractivity contribution in [2.45, 2.75) is 72.8 Å². The second-order valence-corrected chi connectivity index (χ2v) is 10.1. The maximum absolute atomic E-state index is 11.2. The molecule has 0 radical (unpaired) electrons. The van der Waals surface area contributed by atoms with E-state index >= 15 is 0 Å². The fraction of sp³-hybridized carbons (Fsp3) is 0.464. The molecule has 178 valence electrons. The zero-order chi connectivity index (χ0) is 24.3. The van der Waals surface area contributed by atoms with Crippen molar-refractivity contribution >= 4 is 16.9 Å². The van der Waals surface area contributed by atoms with Gasteiger partial charge in [-0.3, -0.25) is 0 Å². The SMILES string of the molecule is CCC(CCc1cc(C)c2oc(C(=O)O)cc2c1)c1ccc(OCC(O)C(C)(C)C)c(C)c1. The number of carboxylic acids is 1. The van der Waals surface area contributed by atoms with E-state index in [9.17, 15) is 15.0 Å². The van der Waals surface area contributed by atoms with Gasteiger partial charge in [-0.1, -0.05) is 45.9 Å². The van der Waals surface area contributed by atoms with Crippen LogP contribution in [0.2, 0.25) is 0 Å². The maximum atomic E-state index is 11.2. The van der Waals surface area contributed by atoms with Gasteiger partial charge in [-0.25, -0.2) is 4.79 Å². The molecule has 1 heterocycles. The van der Waals surface area contributed by atoms with Gasteiger partial charge in [0.25, 0.3) is 0 Å². The average Bonchev–Trinajstić information content (AvgIpc) is 3.18. The monoisotopic (exact) mass is 452 g/mol. The summed E-state index contributed by atoms with van der Waals surface area (Å²) in [4.78, 5) is 11.2. The lowest BCUT2D eigenvalue weighted by molar-refractivity contribution is 0.0216. The summed E-state index contributed by atoms with van der Waals surface area (Å²) >= 11 is 0. The van der Waals surface area contributed by atoms with Crippen LogP contribution in [-0.4, -0.2) is 28.9 Å². The molecular formula is C28H36O5. The largest absolute Gasteiger partial charge is 0.491 e. The van der Waals surface area contributed by atoms with Gasteiger partial charge in [0.05, 0.1) is 6.10 Å². The van der Waals surface area contributed by atoms with Crippen molar-refractivity contribution in [2.75, 3.05) is 6.61 Å². The van der Waals surface area contributed by atoms with Crippen molar-refractivity contribution in [3.63, 3.8) is 0 Å². The van der Waals surface area contributed by atoms with E-state index in [1.54, 1.807) is 6.07 Å². The standard InChI is InChI=1S/C28H36O5/c1-7-20(21-10-11-23(17(2)13-21)32-16-25(29)28(4,5)6)9-8-19-12-18(3)26-22(14-19)15-24(33-26)27(30)31/h10-15,20,25,29H,7-9,16H2,1-6H3,(H,30,31). The highest BCUT2D eigenvalue weighted by Crippen LogP contribution is 2.31. The molecule has 0 saturated heterocycles. The Morgan fingerprint density at radius 1 is 1.09 bits per heavy atom. The predicted octanol–water partition coefficient (Wildman–Crippen LogP) is 6.66. The molecule has 0 bridgehead atoms. The summed E-state index contributed by atoms with van der Waals surface area (Å²) in [5, 5.41) is 20.3. The first-order valence-electron chi connectivity index (χ1n) is 11.7. The van der Waals surface area contributed by atoms with Gasteiger partial charge in [0.1, 0.15) is 17.9 Å². The predicted molar refractivity (Wildman–Crippen MR) is 131 cm³/mol. The minimum absolute atomic E-state index is 0.0236. The van der Waals surface area contributed by atoms with Crippen LogP contribution in [0.4, 0.5) is 0 Å². The van der Waals surface area contributed by atoms with Crippen LogP contribution in [0.15, 0.2) is 40.8 Å². The molecule has 0 amide bonds. The third-order valence-corrected chi connectivity index (χ3v) is 6.41. The highest BCUT2D eigenvalue weighted by Gasteiger charge is 2.23. The summed E-state index contributed by atoms with van der Waals surface area (Å²) < 4.78 is 11.4. The van der Waals surface area contributed by atoms with Gasteiger partial charge in [0, 0.05) is 5.39 Å². The van der Waals surface area contributed by atoms with Crippen molar-refractivity contribution in [2.24, 2.45) is 5.41 Å². The van der Waals surface area contributed by atoms with Crippen LogP contribution >= 0.6 is 0 Å². The van der Waals surface area contributed by atoms with Crippen LogP contribution in [-0.2, 0) is 6.42 Å². The molecule has 3 rings (SSSR count). The Bertz CT molecular complexity index is 1120. The Labute approximate surface area is 196 Å².